The Labute approximate surface area is 402 Å². The smallest absolute Gasteiger partial charge is 0.182 e. The van der Waals surface area contributed by atoms with Crippen LogP contribution in [0.2, 0.25) is 0 Å². The molecule has 10 aliphatic rings. The first kappa shape index (κ1) is 49.4. The zero-order chi connectivity index (χ0) is 48.5. The molecular weight excluding hydrogens is 867 g/mol. The largest absolute Gasteiger partial charge is 0.396 e. The summed E-state index contributed by atoms with van der Waals surface area (Å²) in [6, 6.07) is 0. The van der Waals surface area contributed by atoms with Crippen molar-refractivity contribution in [2.24, 2.45) is 69.3 Å². The lowest BCUT2D eigenvalue weighted by Gasteiger charge is -2.74. The average Bonchev–Trinajstić information content (AvgIpc) is 3.67. The van der Waals surface area contributed by atoms with E-state index in [1.165, 1.54) is 0 Å². The van der Waals surface area contributed by atoms with E-state index in [1.807, 2.05) is 25.2 Å². The van der Waals surface area contributed by atoms with Crippen LogP contribution in [0, 0.1) is 63.6 Å². The van der Waals surface area contributed by atoms with Gasteiger partial charge in [0.05, 0.1) is 65.8 Å². The van der Waals surface area contributed by atoms with Crippen molar-refractivity contribution in [3.8, 4) is 0 Å². The fraction of sp³-hybridized carbons (Fsp3) is 0.833. The first-order valence-corrected chi connectivity index (χ1v) is 26.8. The molecule has 2 bridgehead atoms. The predicted molar refractivity (Wildman–Crippen MR) is 253 cm³/mol. The normalized spacial score (nSPS) is 50.7. The molecule has 68 heavy (non-hydrogen) atoms. The Kier molecular flexibility index (Phi) is 12.7. The van der Waals surface area contributed by atoms with Gasteiger partial charge in [0, 0.05) is 58.4 Å². The molecule has 22 atom stereocenters. The van der Waals surface area contributed by atoms with Crippen LogP contribution >= 0.6 is 0 Å². The minimum Gasteiger partial charge on any atom is -0.396 e. The van der Waals surface area contributed by atoms with E-state index in [1.54, 1.807) is 13.8 Å². The van der Waals surface area contributed by atoms with Crippen LogP contribution in [0.15, 0.2) is 46.8 Å². The summed E-state index contributed by atoms with van der Waals surface area (Å²) in [5, 5.41) is 118. The van der Waals surface area contributed by atoms with E-state index >= 15 is 4.79 Å². The number of fused-ring (bicyclic) bond motifs is 5. The number of hydrogen-bond acceptors (Lipinski definition) is 14. The molecular formula is C54H83N3O11. The molecule has 14 nitrogen and oxygen atoms in total. The van der Waals surface area contributed by atoms with Crippen molar-refractivity contribution in [3.63, 3.8) is 0 Å². The zero-order valence-electron chi connectivity index (χ0n) is 40.9. The summed E-state index contributed by atoms with van der Waals surface area (Å²) < 4.78 is 6.99. The highest BCUT2D eigenvalue weighted by Crippen LogP contribution is 2.80. The molecule has 10 rings (SSSR count). The Balaban J connectivity index is 1.12. The highest BCUT2D eigenvalue weighted by molar-refractivity contribution is 6.01. The van der Waals surface area contributed by atoms with Crippen LogP contribution in [0.25, 0.3) is 0 Å². The van der Waals surface area contributed by atoms with E-state index in [0.29, 0.717) is 50.0 Å². The topological polar surface area (TPSA) is 258 Å². The standard InChI is InChI=1S/C54H83N3O11/c1-5-8-29-11-13-32-38(17-12-29)68-48-42(32)36(60)10-6-21-54(48,67)50(4,65)39-20-23-53(66)47-44(56-27-28(2)59)46(64)43-33-14-16-34-30(31-15-18-41(55)57-35(31)9-7-24-58)19-22-51(47,40(62)26-49(39,53)3)52(34,43)25-37(61)45(33)63/h15,18-19,22,28-30,32-34,36-43,45,48,56-63,65-67H,5-14,16-17,20-21,23-27,55H2,1-4H3/t28-,29+,30-,32+,33+,34-,36+,37-,38+,39-,40+,41?,42+,43-,45+,48+,49+,50+,51+,52+,53+,54+/m0/s1. The summed E-state index contributed by atoms with van der Waals surface area (Å²) >= 11 is 0. The minimum atomic E-state index is -1.90. The van der Waals surface area contributed by atoms with Crippen LogP contribution in [0.4, 0.5) is 0 Å². The first-order chi connectivity index (χ1) is 32.3. The summed E-state index contributed by atoms with van der Waals surface area (Å²) in [5.41, 5.74) is -0.897. The number of carbonyl (C=O) groups excluding carboxylic acids is 1. The molecule has 0 aromatic carbocycles. The van der Waals surface area contributed by atoms with Gasteiger partial charge in [-0.25, -0.2) is 0 Å². The number of hydrogen-bond donors (Lipinski definition) is 12. The molecule has 2 spiro atoms. The highest BCUT2D eigenvalue weighted by atomic mass is 16.5. The summed E-state index contributed by atoms with van der Waals surface area (Å²) in [6.45, 7) is 7.34. The highest BCUT2D eigenvalue weighted by Gasteiger charge is 2.82. The fourth-order valence-electron chi connectivity index (χ4n) is 18.4. The second-order valence-electron chi connectivity index (χ2n) is 24.3. The number of rotatable bonds is 11. The van der Waals surface area contributed by atoms with Gasteiger partial charge in [-0.15, -0.1) is 0 Å². The molecule has 1 unspecified atom stereocenters. The molecule has 0 amide bonds. The van der Waals surface area contributed by atoms with Crippen molar-refractivity contribution >= 4 is 5.78 Å². The van der Waals surface area contributed by atoms with E-state index < -0.39 is 93.6 Å². The molecule has 8 aliphatic carbocycles. The van der Waals surface area contributed by atoms with Gasteiger partial charge in [0.1, 0.15) is 5.60 Å². The SMILES string of the molecule is CCC[C@@H]1CC[C@H]2[C@@H]3[C@H](O)CCC[C@](O)([C@](C)(O)[C@H]4CC[C@@]5(O)C6=C(NC[C@H](C)O)C(=O)[C@@H]7[C@H]8CC[C@H]9[C@H](C%10=C(CCCO)NC(N)C=C%10)C=C[C@]6([C@H](O)C[C@]45C)[C@@]79C[C@H](O)[C@@H]8O)[C@@H]3O[C@@H]2CC1. The van der Waals surface area contributed by atoms with Crippen molar-refractivity contribution in [2.45, 2.75) is 203 Å². The maximum atomic E-state index is 15.9. The second kappa shape index (κ2) is 17.5. The first-order valence-electron chi connectivity index (χ1n) is 26.8. The zero-order valence-corrected chi connectivity index (χ0v) is 40.9. The molecule has 0 radical (unpaired) electrons. The predicted octanol–water partition coefficient (Wildman–Crippen LogP) is 3.12. The lowest BCUT2D eigenvalue weighted by Crippen LogP contribution is -2.78. The summed E-state index contributed by atoms with van der Waals surface area (Å²) in [6.07, 6.45) is 10.8. The van der Waals surface area contributed by atoms with Crippen molar-refractivity contribution in [3.05, 3.63) is 46.8 Å². The van der Waals surface area contributed by atoms with Gasteiger partial charge in [-0.3, -0.25) is 4.79 Å². The number of aliphatic hydroxyl groups is 9. The van der Waals surface area contributed by atoms with Crippen molar-refractivity contribution < 1.29 is 55.5 Å². The Morgan fingerprint density at radius 2 is 1.74 bits per heavy atom. The van der Waals surface area contributed by atoms with Gasteiger partial charge >= 0.3 is 0 Å². The molecule has 380 valence electrons. The van der Waals surface area contributed by atoms with Gasteiger partial charge in [-0.1, -0.05) is 51.3 Å². The Bertz CT molecular complexity index is 2090. The number of nitrogens with two attached hydrogens (primary N) is 1. The Morgan fingerprint density at radius 3 is 2.47 bits per heavy atom. The molecule has 0 aromatic heterocycles. The van der Waals surface area contributed by atoms with Crippen LogP contribution < -0.4 is 16.4 Å². The summed E-state index contributed by atoms with van der Waals surface area (Å²) in [7, 11) is 0. The number of Topliss-reactive ketones (excluding diaryl/α,β-unsaturated/α-hetero) is 1. The Hall–Kier alpha value is -2.21. The number of carbonyl (C=O) groups is 1. The van der Waals surface area contributed by atoms with Crippen LogP contribution in [0.5, 0.6) is 0 Å². The third-order valence-electron chi connectivity index (χ3n) is 21.2. The lowest BCUT2D eigenvalue weighted by molar-refractivity contribution is -0.273. The molecule has 13 N–H and O–H groups in total. The monoisotopic (exact) mass is 950 g/mol. The van der Waals surface area contributed by atoms with E-state index in [-0.39, 0.29) is 86.5 Å². The van der Waals surface area contributed by atoms with E-state index in [9.17, 15) is 46.0 Å². The number of ketones is 1. The molecule has 1 saturated heterocycles. The van der Waals surface area contributed by atoms with Crippen molar-refractivity contribution in [1.82, 2.24) is 10.6 Å². The average molecular weight is 950 g/mol. The molecule has 2 aliphatic heterocycles. The van der Waals surface area contributed by atoms with Gasteiger partial charge < -0.3 is 67.1 Å². The van der Waals surface area contributed by atoms with Crippen molar-refractivity contribution in [1.29, 1.82) is 0 Å². The number of allylic oxidation sites excluding steroid dienone is 5. The third kappa shape index (κ3) is 6.70. The number of nitrogens with one attached hydrogen (secondary N) is 2. The third-order valence-corrected chi connectivity index (χ3v) is 21.2. The maximum absolute atomic E-state index is 15.9. The molecule has 7 fully saturated rings. The quantitative estimate of drug-likeness (QED) is 0.133. The van der Waals surface area contributed by atoms with E-state index in [2.05, 4.69) is 23.6 Å². The second-order valence-corrected chi connectivity index (χ2v) is 24.3. The van der Waals surface area contributed by atoms with Gasteiger partial charge in [-0.2, -0.15) is 0 Å². The number of aliphatic hydroxyl groups excluding tert-OH is 6. The molecule has 0 aromatic rings. The van der Waals surface area contributed by atoms with Crippen LogP contribution in [-0.2, 0) is 9.53 Å². The molecule has 2 heterocycles. The molecule has 14 heteroatoms. The fourth-order valence-corrected chi connectivity index (χ4v) is 18.4. The van der Waals surface area contributed by atoms with Gasteiger partial charge in [0.25, 0.3) is 0 Å². The van der Waals surface area contributed by atoms with E-state index in [4.69, 9.17) is 10.5 Å². The van der Waals surface area contributed by atoms with Crippen LogP contribution in [0.3, 0.4) is 0 Å². The lowest BCUT2D eigenvalue weighted by atomic mass is 9.30. The van der Waals surface area contributed by atoms with Gasteiger partial charge in [0.2, 0.25) is 0 Å². The van der Waals surface area contributed by atoms with Crippen molar-refractivity contribution in [2.75, 3.05) is 13.2 Å². The Morgan fingerprint density at radius 1 is 0.985 bits per heavy atom. The summed E-state index contributed by atoms with van der Waals surface area (Å²) in [5.74, 6) is -3.06. The van der Waals surface area contributed by atoms with Crippen LogP contribution in [0.1, 0.15) is 137 Å². The van der Waals surface area contributed by atoms with E-state index in [0.717, 1.165) is 49.8 Å². The van der Waals surface area contributed by atoms with Gasteiger partial charge in [-0.05, 0) is 145 Å². The summed E-state index contributed by atoms with van der Waals surface area (Å²) in [4.78, 5) is 15.9. The van der Waals surface area contributed by atoms with Crippen LogP contribution in [-0.4, -0.2) is 131 Å². The minimum absolute atomic E-state index is 0.00925. The molecule has 6 saturated carbocycles. The number of ether oxygens (including phenoxy) is 1. The van der Waals surface area contributed by atoms with Gasteiger partial charge in [0.15, 0.2) is 5.78 Å². The number of dihydropyridines is 1. The maximum Gasteiger partial charge on any atom is 0.182 e.